The van der Waals surface area contributed by atoms with Gasteiger partial charge in [0.25, 0.3) is 0 Å². The summed E-state index contributed by atoms with van der Waals surface area (Å²) in [6.07, 6.45) is 3.14. The molecule has 0 fully saturated rings. The lowest BCUT2D eigenvalue weighted by Crippen LogP contribution is -2.49. The van der Waals surface area contributed by atoms with E-state index in [-0.39, 0.29) is 43.4 Å². The summed E-state index contributed by atoms with van der Waals surface area (Å²) in [5.41, 5.74) is 0.575. The number of rotatable bonds is 14. The predicted molar refractivity (Wildman–Crippen MR) is 137 cm³/mol. The van der Waals surface area contributed by atoms with Crippen LogP contribution in [0.2, 0.25) is 0 Å². The molecule has 0 aliphatic carbocycles. The number of carbonyl (C=O) groups is 2. The first-order valence-electron chi connectivity index (χ1n) is 12.1. The fourth-order valence-corrected chi connectivity index (χ4v) is 4.81. The third kappa shape index (κ3) is 8.58. The summed E-state index contributed by atoms with van der Waals surface area (Å²) in [4.78, 5) is 27.6. The van der Waals surface area contributed by atoms with Crippen molar-refractivity contribution in [3.05, 3.63) is 65.7 Å². The van der Waals surface area contributed by atoms with E-state index < -0.39 is 27.7 Å². The van der Waals surface area contributed by atoms with Crippen LogP contribution >= 0.6 is 0 Å². The number of benzene rings is 2. The minimum atomic E-state index is -3.79. The Hall–Kier alpha value is -3.01. The smallest absolute Gasteiger partial charge is 0.242 e. The highest BCUT2D eigenvalue weighted by Crippen LogP contribution is 2.22. The van der Waals surface area contributed by atoms with E-state index in [2.05, 4.69) is 5.32 Å². The van der Waals surface area contributed by atoms with Crippen LogP contribution in [0.3, 0.4) is 0 Å². The zero-order chi connectivity index (χ0) is 26.7. The first-order chi connectivity index (χ1) is 17.1. The van der Waals surface area contributed by atoms with Gasteiger partial charge in [0.2, 0.25) is 21.8 Å². The van der Waals surface area contributed by atoms with Gasteiger partial charge in [-0.3, -0.25) is 13.9 Å². The number of sulfonamides is 1. The molecular formula is C26H35F2N3O4S. The maximum atomic E-state index is 14.3. The zero-order valence-electron chi connectivity index (χ0n) is 21.0. The normalized spacial score (nSPS) is 12.1. The summed E-state index contributed by atoms with van der Waals surface area (Å²) in [5.74, 6) is -1.71. The van der Waals surface area contributed by atoms with E-state index in [1.807, 2.05) is 6.92 Å². The molecule has 2 amide bonds. The molecule has 2 aromatic carbocycles. The Morgan fingerprint density at radius 3 is 2.25 bits per heavy atom. The summed E-state index contributed by atoms with van der Waals surface area (Å²) in [6, 6.07) is 10.5. The average Bonchev–Trinajstić information content (AvgIpc) is 2.83. The van der Waals surface area contributed by atoms with E-state index in [1.165, 1.54) is 41.3 Å². The second-order valence-corrected chi connectivity index (χ2v) is 10.5. The van der Waals surface area contributed by atoms with Crippen molar-refractivity contribution in [2.45, 2.75) is 58.5 Å². The molecule has 1 N–H and O–H groups in total. The van der Waals surface area contributed by atoms with Crippen LogP contribution in [0.5, 0.6) is 0 Å². The number of amides is 2. The van der Waals surface area contributed by atoms with E-state index in [0.29, 0.717) is 18.5 Å². The molecule has 0 aliphatic heterocycles. The number of hydrogen-bond donors (Lipinski definition) is 1. The molecule has 1 atom stereocenters. The van der Waals surface area contributed by atoms with Crippen LogP contribution in [0.25, 0.3) is 0 Å². The van der Waals surface area contributed by atoms with Crippen LogP contribution < -0.4 is 9.62 Å². The topological polar surface area (TPSA) is 86.8 Å². The highest BCUT2D eigenvalue weighted by molar-refractivity contribution is 7.92. The molecule has 0 saturated heterocycles. The van der Waals surface area contributed by atoms with Crippen molar-refractivity contribution < 1.29 is 26.8 Å². The van der Waals surface area contributed by atoms with Gasteiger partial charge in [-0.2, -0.15) is 0 Å². The van der Waals surface area contributed by atoms with Crippen molar-refractivity contribution in [3.8, 4) is 0 Å². The van der Waals surface area contributed by atoms with E-state index in [1.54, 1.807) is 19.1 Å². The van der Waals surface area contributed by atoms with Gasteiger partial charge in [-0.05, 0) is 49.1 Å². The summed E-state index contributed by atoms with van der Waals surface area (Å²) >= 11 is 0. The fraction of sp³-hybridized carbons (Fsp3) is 0.462. The van der Waals surface area contributed by atoms with Crippen LogP contribution in [0.1, 0.15) is 51.5 Å². The number of hydrogen-bond acceptors (Lipinski definition) is 4. The van der Waals surface area contributed by atoms with Crippen molar-refractivity contribution in [1.82, 2.24) is 10.2 Å². The highest BCUT2D eigenvalue weighted by Gasteiger charge is 2.29. The molecule has 0 heterocycles. The maximum absolute atomic E-state index is 14.3. The molecule has 0 radical (unpaired) electrons. The molecule has 2 aromatic rings. The predicted octanol–water partition coefficient (Wildman–Crippen LogP) is 4.23. The van der Waals surface area contributed by atoms with Gasteiger partial charge in [-0.15, -0.1) is 0 Å². The Morgan fingerprint density at radius 2 is 1.67 bits per heavy atom. The number of halogens is 2. The Balaban J connectivity index is 2.20. The molecule has 198 valence electrons. The molecular weight excluding hydrogens is 488 g/mol. The third-order valence-electron chi connectivity index (χ3n) is 5.75. The zero-order valence-corrected chi connectivity index (χ0v) is 21.9. The van der Waals surface area contributed by atoms with Crippen LogP contribution in [0, 0.1) is 11.6 Å². The average molecular weight is 524 g/mol. The number of carbonyl (C=O) groups excluding carboxylic acids is 2. The number of nitrogens with zero attached hydrogens (tertiary/aromatic N) is 2. The summed E-state index contributed by atoms with van der Waals surface area (Å²) < 4.78 is 53.2. The van der Waals surface area contributed by atoms with E-state index in [9.17, 15) is 26.8 Å². The van der Waals surface area contributed by atoms with Gasteiger partial charge >= 0.3 is 0 Å². The monoisotopic (exact) mass is 523 g/mol. The number of para-hydroxylation sites is 1. The molecule has 10 heteroatoms. The standard InChI is InChI=1S/C26H35F2N3O4S/c1-4-6-17-29-26(33)23(5-2)30(19-20-13-15-21(27)16-14-20)25(32)12-9-18-31(36(3,34)35)24-11-8-7-10-22(24)28/h7-8,10-11,13-16,23H,4-6,9,12,17-19H2,1-3H3,(H,29,33)/t23-/m1/s1. The minimum absolute atomic E-state index is 0.0552. The summed E-state index contributed by atoms with van der Waals surface area (Å²) in [6.45, 7) is 4.31. The van der Waals surface area contributed by atoms with Crippen molar-refractivity contribution in [2.24, 2.45) is 0 Å². The summed E-state index contributed by atoms with van der Waals surface area (Å²) in [7, 11) is -3.79. The summed E-state index contributed by atoms with van der Waals surface area (Å²) in [5, 5.41) is 2.86. The van der Waals surface area contributed by atoms with Crippen LogP contribution in [-0.2, 0) is 26.2 Å². The second-order valence-electron chi connectivity index (χ2n) is 8.61. The van der Waals surface area contributed by atoms with Gasteiger partial charge in [0, 0.05) is 26.1 Å². The quantitative estimate of drug-likeness (QED) is 0.376. The van der Waals surface area contributed by atoms with Crippen molar-refractivity contribution in [3.63, 3.8) is 0 Å². The molecule has 36 heavy (non-hydrogen) atoms. The first kappa shape index (κ1) is 29.2. The molecule has 0 aromatic heterocycles. The Labute approximate surface area is 212 Å². The second kappa shape index (κ2) is 13.9. The Morgan fingerprint density at radius 1 is 1.00 bits per heavy atom. The van der Waals surface area contributed by atoms with Crippen molar-refractivity contribution >= 4 is 27.5 Å². The van der Waals surface area contributed by atoms with Crippen LogP contribution in [0.15, 0.2) is 48.5 Å². The SMILES string of the molecule is CCCCNC(=O)[C@@H](CC)N(Cc1ccc(F)cc1)C(=O)CCCN(c1ccccc1F)S(C)(=O)=O. The van der Waals surface area contributed by atoms with Crippen LogP contribution in [-0.4, -0.2) is 50.5 Å². The number of unbranched alkanes of at least 4 members (excludes halogenated alkanes) is 1. The molecule has 2 rings (SSSR count). The number of anilines is 1. The van der Waals surface area contributed by atoms with Gasteiger partial charge in [0.1, 0.15) is 17.7 Å². The van der Waals surface area contributed by atoms with Crippen molar-refractivity contribution in [1.29, 1.82) is 0 Å². The van der Waals surface area contributed by atoms with E-state index in [4.69, 9.17) is 0 Å². The lowest BCUT2D eigenvalue weighted by Gasteiger charge is -2.31. The molecule has 0 saturated carbocycles. The number of nitrogens with one attached hydrogen (secondary N) is 1. The van der Waals surface area contributed by atoms with E-state index >= 15 is 0 Å². The Bertz CT molecular complexity index is 1110. The van der Waals surface area contributed by atoms with Crippen molar-refractivity contribution in [2.75, 3.05) is 23.7 Å². The molecule has 7 nitrogen and oxygen atoms in total. The van der Waals surface area contributed by atoms with Gasteiger partial charge < -0.3 is 10.2 Å². The fourth-order valence-electron chi connectivity index (χ4n) is 3.85. The molecule has 0 spiro atoms. The van der Waals surface area contributed by atoms with Gasteiger partial charge in [-0.1, -0.05) is 44.5 Å². The molecule has 0 bridgehead atoms. The van der Waals surface area contributed by atoms with E-state index in [0.717, 1.165) is 23.4 Å². The lowest BCUT2D eigenvalue weighted by atomic mass is 10.1. The largest absolute Gasteiger partial charge is 0.354 e. The van der Waals surface area contributed by atoms with Gasteiger partial charge in [0.05, 0.1) is 11.9 Å². The van der Waals surface area contributed by atoms with Gasteiger partial charge in [-0.25, -0.2) is 17.2 Å². The lowest BCUT2D eigenvalue weighted by molar-refractivity contribution is -0.141. The van der Waals surface area contributed by atoms with Gasteiger partial charge in [0.15, 0.2) is 0 Å². The van der Waals surface area contributed by atoms with Crippen LogP contribution in [0.4, 0.5) is 14.5 Å². The molecule has 0 aliphatic rings. The highest BCUT2D eigenvalue weighted by atomic mass is 32.2. The first-order valence-corrected chi connectivity index (χ1v) is 14.0. The third-order valence-corrected chi connectivity index (χ3v) is 6.93. The maximum Gasteiger partial charge on any atom is 0.242 e. The minimum Gasteiger partial charge on any atom is -0.354 e. The molecule has 0 unspecified atom stereocenters. The Kier molecular flexibility index (Phi) is 11.3.